The highest BCUT2D eigenvalue weighted by Gasteiger charge is 2.15. The fourth-order valence-electron chi connectivity index (χ4n) is 3.14. The minimum absolute atomic E-state index is 0.220. The lowest BCUT2D eigenvalue weighted by atomic mass is 10.2. The Labute approximate surface area is 167 Å². The van der Waals surface area contributed by atoms with Crippen LogP contribution in [0.25, 0.3) is 33.5 Å². The van der Waals surface area contributed by atoms with Crippen molar-refractivity contribution in [1.82, 2.24) is 24.7 Å². The summed E-state index contributed by atoms with van der Waals surface area (Å²) < 4.78 is 20.6. The van der Waals surface area contributed by atoms with Gasteiger partial charge in [0.1, 0.15) is 22.7 Å². The third-order valence-electron chi connectivity index (χ3n) is 4.56. The number of para-hydroxylation sites is 1. The quantitative estimate of drug-likeness (QED) is 0.455. The van der Waals surface area contributed by atoms with Crippen molar-refractivity contribution in [2.75, 3.05) is 0 Å². The van der Waals surface area contributed by atoms with Crippen molar-refractivity contribution in [2.24, 2.45) is 7.05 Å². The van der Waals surface area contributed by atoms with Crippen molar-refractivity contribution in [3.63, 3.8) is 0 Å². The Morgan fingerprint density at radius 1 is 1.14 bits per heavy atom. The number of hydrogen-bond acceptors (Lipinski definition) is 6. The molecule has 0 saturated heterocycles. The molecule has 3 aromatic heterocycles. The molecule has 0 bridgehead atoms. The predicted molar refractivity (Wildman–Crippen MR) is 108 cm³/mol. The second kappa shape index (κ2) is 6.85. The van der Waals surface area contributed by atoms with Crippen molar-refractivity contribution in [3.8, 4) is 11.4 Å². The molecule has 5 rings (SSSR count). The Hall–Kier alpha value is -3.46. The van der Waals surface area contributed by atoms with Crippen LogP contribution >= 0.6 is 11.8 Å². The van der Waals surface area contributed by atoms with Crippen molar-refractivity contribution in [2.45, 2.75) is 10.9 Å². The Bertz CT molecular complexity index is 1400. The first kappa shape index (κ1) is 17.6. The molecule has 1 N–H and O–H groups in total. The normalized spacial score (nSPS) is 11.5. The van der Waals surface area contributed by atoms with Gasteiger partial charge in [-0.25, -0.2) is 9.37 Å². The van der Waals surface area contributed by atoms with Gasteiger partial charge >= 0.3 is 0 Å². The van der Waals surface area contributed by atoms with Crippen molar-refractivity contribution in [3.05, 3.63) is 70.5 Å². The van der Waals surface area contributed by atoms with Crippen LogP contribution in [0.4, 0.5) is 4.39 Å². The summed E-state index contributed by atoms with van der Waals surface area (Å²) in [7, 11) is 1.84. The molecular formula is C20H14FN5O2S. The van der Waals surface area contributed by atoms with E-state index >= 15 is 0 Å². The fourth-order valence-corrected chi connectivity index (χ4v) is 3.92. The lowest BCUT2D eigenvalue weighted by molar-refractivity contribution is 0.628. The van der Waals surface area contributed by atoms with Gasteiger partial charge in [-0.05, 0) is 36.4 Å². The van der Waals surface area contributed by atoms with Crippen LogP contribution in [0.15, 0.2) is 62.9 Å². The molecule has 0 saturated carbocycles. The maximum absolute atomic E-state index is 13.1. The molecular weight excluding hydrogens is 393 g/mol. The SMILES string of the molecule is Cn1c(SCc2nc3c(oc4ccccc43)c(=O)[nH]2)nnc1-c1ccc(F)cc1. The van der Waals surface area contributed by atoms with Gasteiger partial charge in [-0.2, -0.15) is 0 Å². The average Bonchev–Trinajstić information content (AvgIpc) is 3.28. The number of nitrogens with zero attached hydrogens (tertiary/aromatic N) is 4. The van der Waals surface area contributed by atoms with E-state index in [0.717, 1.165) is 10.9 Å². The summed E-state index contributed by atoms with van der Waals surface area (Å²) in [6, 6.07) is 13.5. The van der Waals surface area contributed by atoms with Gasteiger partial charge in [0.05, 0.1) is 5.75 Å². The molecule has 0 atom stereocenters. The second-order valence-electron chi connectivity index (χ2n) is 6.45. The maximum Gasteiger partial charge on any atom is 0.294 e. The summed E-state index contributed by atoms with van der Waals surface area (Å²) in [5.41, 5.74) is 1.85. The number of furan rings is 1. The number of hydrogen-bond donors (Lipinski definition) is 1. The topological polar surface area (TPSA) is 89.6 Å². The zero-order valence-corrected chi connectivity index (χ0v) is 16.0. The number of aromatic nitrogens is 5. The Morgan fingerprint density at radius 3 is 2.76 bits per heavy atom. The third-order valence-corrected chi connectivity index (χ3v) is 5.59. The molecule has 2 aromatic carbocycles. The van der Waals surface area contributed by atoms with Gasteiger partial charge < -0.3 is 14.0 Å². The summed E-state index contributed by atoms with van der Waals surface area (Å²) >= 11 is 1.40. The molecule has 0 aliphatic rings. The summed E-state index contributed by atoms with van der Waals surface area (Å²) in [5.74, 6) is 1.25. The van der Waals surface area contributed by atoms with E-state index in [-0.39, 0.29) is 17.0 Å². The molecule has 0 unspecified atom stereocenters. The van der Waals surface area contributed by atoms with Crippen LogP contribution in [-0.2, 0) is 12.8 Å². The van der Waals surface area contributed by atoms with Crippen LogP contribution in [0.1, 0.15) is 5.82 Å². The van der Waals surface area contributed by atoms with Gasteiger partial charge in [-0.3, -0.25) is 4.79 Å². The minimum Gasteiger partial charge on any atom is -0.449 e. The molecule has 7 nitrogen and oxygen atoms in total. The highest BCUT2D eigenvalue weighted by molar-refractivity contribution is 7.98. The number of H-pyrrole nitrogens is 1. The number of benzene rings is 2. The number of halogens is 1. The van der Waals surface area contributed by atoms with E-state index in [4.69, 9.17) is 4.42 Å². The maximum atomic E-state index is 13.1. The summed E-state index contributed by atoms with van der Waals surface area (Å²) in [6.07, 6.45) is 0. The van der Waals surface area contributed by atoms with Gasteiger partial charge in [0.15, 0.2) is 11.0 Å². The van der Waals surface area contributed by atoms with Gasteiger partial charge in [-0.1, -0.05) is 23.9 Å². The van der Waals surface area contributed by atoms with E-state index in [1.807, 2.05) is 29.8 Å². The number of aromatic amines is 1. The fraction of sp³-hybridized carbons (Fsp3) is 0.100. The van der Waals surface area contributed by atoms with E-state index in [2.05, 4.69) is 20.2 Å². The van der Waals surface area contributed by atoms with Gasteiger partial charge in [-0.15, -0.1) is 10.2 Å². The zero-order chi connectivity index (χ0) is 20.0. The molecule has 0 radical (unpaired) electrons. The van der Waals surface area contributed by atoms with Crippen LogP contribution in [0, 0.1) is 5.82 Å². The van der Waals surface area contributed by atoms with Gasteiger partial charge in [0, 0.05) is 18.0 Å². The smallest absolute Gasteiger partial charge is 0.294 e. The molecule has 9 heteroatoms. The molecule has 0 fully saturated rings. The highest BCUT2D eigenvalue weighted by atomic mass is 32.2. The monoisotopic (exact) mass is 407 g/mol. The molecule has 0 spiro atoms. The average molecular weight is 407 g/mol. The van der Waals surface area contributed by atoms with Crippen LogP contribution < -0.4 is 5.56 Å². The van der Waals surface area contributed by atoms with Crippen molar-refractivity contribution < 1.29 is 8.81 Å². The Kier molecular flexibility index (Phi) is 4.17. The van der Waals surface area contributed by atoms with Crippen molar-refractivity contribution in [1.29, 1.82) is 0 Å². The van der Waals surface area contributed by atoms with Crippen LogP contribution in [0.3, 0.4) is 0 Å². The van der Waals surface area contributed by atoms with E-state index in [1.54, 1.807) is 18.2 Å². The molecule has 5 aromatic rings. The van der Waals surface area contributed by atoms with Gasteiger partial charge in [0.25, 0.3) is 5.56 Å². The zero-order valence-electron chi connectivity index (χ0n) is 15.2. The first-order valence-electron chi connectivity index (χ1n) is 8.79. The molecule has 0 aliphatic heterocycles. The summed E-state index contributed by atoms with van der Waals surface area (Å²) in [4.78, 5) is 19.7. The number of rotatable bonds is 4. The standard InChI is InChI=1S/C20H14FN5O2S/c1-26-18(11-6-8-12(21)9-7-11)24-25-20(26)29-10-15-22-16-13-4-2-3-5-14(13)28-17(16)19(27)23-15/h2-9H,10H2,1H3,(H,22,23,27). The molecule has 29 heavy (non-hydrogen) atoms. The molecule has 0 amide bonds. The van der Waals surface area contributed by atoms with E-state index in [1.165, 1.54) is 23.9 Å². The first-order chi connectivity index (χ1) is 14.1. The molecule has 144 valence electrons. The summed E-state index contributed by atoms with van der Waals surface area (Å²) in [6.45, 7) is 0. The van der Waals surface area contributed by atoms with E-state index < -0.39 is 0 Å². The minimum atomic E-state index is -0.313. The lowest BCUT2D eigenvalue weighted by Gasteiger charge is -2.04. The largest absolute Gasteiger partial charge is 0.449 e. The molecule has 3 heterocycles. The Balaban J connectivity index is 1.44. The van der Waals surface area contributed by atoms with Crippen LogP contribution in [-0.4, -0.2) is 24.7 Å². The van der Waals surface area contributed by atoms with E-state index in [9.17, 15) is 9.18 Å². The Morgan fingerprint density at radius 2 is 1.93 bits per heavy atom. The summed E-state index contributed by atoms with van der Waals surface area (Å²) in [5, 5.41) is 9.85. The third kappa shape index (κ3) is 3.09. The lowest BCUT2D eigenvalue weighted by Crippen LogP contribution is -2.10. The second-order valence-corrected chi connectivity index (χ2v) is 7.39. The molecule has 0 aliphatic carbocycles. The van der Waals surface area contributed by atoms with Crippen LogP contribution in [0.2, 0.25) is 0 Å². The first-order valence-corrected chi connectivity index (χ1v) is 9.77. The number of nitrogens with one attached hydrogen (secondary N) is 1. The predicted octanol–water partition coefficient (Wildman–Crippen LogP) is 3.90. The van der Waals surface area contributed by atoms with Crippen LogP contribution in [0.5, 0.6) is 0 Å². The van der Waals surface area contributed by atoms with E-state index in [0.29, 0.717) is 33.7 Å². The van der Waals surface area contributed by atoms with Gasteiger partial charge in [0.2, 0.25) is 5.58 Å². The number of thioether (sulfide) groups is 1. The number of fused-ring (bicyclic) bond motifs is 3. The van der Waals surface area contributed by atoms with Crippen molar-refractivity contribution >= 4 is 33.8 Å². The highest BCUT2D eigenvalue weighted by Crippen LogP contribution is 2.27.